The zero-order chi connectivity index (χ0) is 35.7. The van der Waals surface area contributed by atoms with Gasteiger partial charge in [0, 0.05) is 55.1 Å². The van der Waals surface area contributed by atoms with Gasteiger partial charge in [-0.25, -0.2) is 0 Å². The van der Waals surface area contributed by atoms with Crippen molar-refractivity contribution in [3.8, 4) is 23.0 Å². The summed E-state index contributed by atoms with van der Waals surface area (Å²) >= 11 is 0.260. The van der Waals surface area contributed by atoms with Gasteiger partial charge in [-0.15, -0.1) is 0 Å². The number of methoxy groups -OCH3 is 3. The number of rotatable bonds is 14. The maximum atomic E-state index is 13.6. The molecule has 2 amide bonds. The van der Waals surface area contributed by atoms with Gasteiger partial charge in [0.25, 0.3) is 11.8 Å². The molecule has 0 unspecified atom stereocenters. The van der Waals surface area contributed by atoms with Crippen LogP contribution in [0.3, 0.4) is 0 Å². The second-order valence-electron chi connectivity index (χ2n) is 12.0. The van der Waals surface area contributed by atoms with Gasteiger partial charge in [0.2, 0.25) is 0 Å². The average Bonchev–Trinajstić information content (AvgIpc) is 3.16. The molecule has 6 rings (SSSR count). The van der Waals surface area contributed by atoms with E-state index in [0.717, 1.165) is 48.9 Å². The van der Waals surface area contributed by atoms with E-state index in [2.05, 4.69) is 20.5 Å². The van der Waals surface area contributed by atoms with Crippen LogP contribution in [0.15, 0.2) is 85.1 Å². The SMILES string of the molecule is COc1cc(NC(=O)c2cnc3ccccc3c2)c(C(=O)Nc2ccc(CCN3CCc4cc(OCCSF)c(OC)cc4C3)cc2)cc1OC. The lowest BCUT2D eigenvalue weighted by Crippen LogP contribution is -2.32. The van der Waals surface area contributed by atoms with Gasteiger partial charge in [0.15, 0.2) is 23.0 Å². The van der Waals surface area contributed by atoms with Crippen LogP contribution < -0.4 is 29.6 Å². The van der Waals surface area contributed by atoms with E-state index in [1.807, 2.05) is 60.7 Å². The lowest BCUT2D eigenvalue weighted by molar-refractivity contribution is 0.102. The van der Waals surface area contributed by atoms with Crippen LogP contribution in [0.2, 0.25) is 0 Å². The molecule has 12 heteroatoms. The van der Waals surface area contributed by atoms with Gasteiger partial charge in [0.1, 0.15) is 0 Å². The van der Waals surface area contributed by atoms with Gasteiger partial charge in [-0.3, -0.25) is 19.5 Å². The summed E-state index contributed by atoms with van der Waals surface area (Å²) in [5, 5.41) is 6.64. The molecule has 2 heterocycles. The number of hydrogen-bond acceptors (Lipinski definition) is 9. The Balaban J connectivity index is 1.10. The lowest BCUT2D eigenvalue weighted by atomic mass is 9.98. The molecule has 0 spiro atoms. The van der Waals surface area contributed by atoms with Gasteiger partial charge in [-0.1, -0.05) is 30.3 Å². The van der Waals surface area contributed by atoms with Crippen molar-refractivity contribution in [2.75, 3.05) is 57.4 Å². The smallest absolute Gasteiger partial charge is 0.257 e. The molecule has 0 atom stereocenters. The fraction of sp³-hybridized carbons (Fsp3) is 0.256. The normalized spacial score (nSPS) is 12.5. The molecule has 10 nitrogen and oxygen atoms in total. The number of fused-ring (bicyclic) bond motifs is 2. The first-order valence-corrected chi connectivity index (χ1v) is 17.4. The predicted molar refractivity (Wildman–Crippen MR) is 198 cm³/mol. The third kappa shape index (κ3) is 8.53. The number of ether oxygens (including phenoxy) is 4. The molecule has 1 aromatic heterocycles. The Morgan fingerprint density at radius 2 is 1.57 bits per heavy atom. The van der Waals surface area contributed by atoms with Crippen molar-refractivity contribution < 1.29 is 32.4 Å². The minimum Gasteiger partial charge on any atom is -0.493 e. The van der Waals surface area contributed by atoms with E-state index in [-0.39, 0.29) is 35.8 Å². The monoisotopic (exact) mass is 710 g/mol. The second-order valence-corrected chi connectivity index (χ2v) is 12.6. The third-order valence-corrected chi connectivity index (χ3v) is 9.11. The first kappa shape index (κ1) is 35.5. The van der Waals surface area contributed by atoms with Crippen LogP contribution in [0.5, 0.6) is 23.0 Å². The molecule has 1 aliphatic rings. The molecule has 264 valence electrons. The molecule has 0 bridgehead atoms. The van der Waals surface area contributed by atoms with Gasteiger partial charge in [-0.05, 0) is 72.0 Å². The van der Waals surface area contributed by atoms with E-state index in [9.17, 15) is 13.5 Å². The maximum absolute atomic E-state index is 13.6. The number of benzene rings is 4. The summed E-state index contributed by atoms with van der Waals surface area (Å²) in [7, 11) is 4.59. The van der Waals surface area contributed by atoms with Gasteiger partial charge in [-0.2, -0.15) is 3.89 Å². The molecular weight excluding hydrogens is 672 g/mol. The zero-order valence-electron chi connectivity index (χ0n) is 28.7. The van der Waals surface area contributed by atoms with E-state index in [1.54, 1.807) is 25.3 Å². The number of para-hydroxylation sites is 1. The van der Waals surface area contributed by atoms with Crippen LogP contribution >= 0.6 is 12.1 Å². The Morgan fingerprint density at radius 1 is 0.843 bits per heavy atom. The summed E-state index contributed by atoms with van der Waals surface area (Å²) in [5.74, 6) is 1.45. The molecule has 2 N–H and O–H groups in total. The minimum atomic E-state index is -0.423. The Labute approximate surface area is 300 Å². The van der Waals surface area contributed by atoms with E-state index in [4.69, 9.17) is 18.9 Å². The maximum Gasteiger partial charge on any atom is 0.257 e. The van der Waals surface area contributed by atoms with Gasteiger partial charge in [0.05, 0.1) is 56.0 Å². The van der Waals surface area contributed by atoms with Crippen LogP contribution in [0, 0.1) is 0 Å². The molecule has 4 aromatic carbocycles. The summed E-state index contributed by atoms with van der Waals surface area (Å²) in [5.41, 5.74) is 5.76. The quantitative estimate of drug-likeness (QED) is 0.114. The highest BCUT2D eigenvalue weighted by Gasteiger charge is 2.22. The third-order valence-electron chi connectivity index (χ3n) is 8.79. The summed E-state index contributed by atoms with van der Waals surface area (Å²) in [6, 6.07) is 24.2. The second kappa shape index (κ2) is 16.6. The number of pyridine rings is 1. The number of anilines is 2. The highest BCUT2D eigenvalue weighted by molar-refractivity contribution is 7.94. The molecule has 1 aliphatic heterocycles. The largest absolute Gasteiger partial charge is 0.493 e. The van der Waals surface area contributed by atoms with Crippen molar-refractivity contribution in [1.29, 1.82) is 0 Å². The van der Waals surface area contributed by atoms with Crippen molar-refractivity contribution in [1.82, 2.24) is 9.88 Å². The number of amides is 2. The molecule has 5 aromatic rings. The first-order valence-electron chi connectivity index (χ1n) is 16.5. The van der Waals surface area contributed by atoms with E-state index >= 15 is 0 Å². The average molecular weight is 711 g/mol. The fourth-order valence-corrected chi connectivity index (χ4v) is 6.22. The Bertz CT molecular complexity index is 2030. The highest BCUT2D eigenvalue weighted by Crippen LogP contribution is 2.35. The topological polar surface area (TPSA) is 111 Å². The summed E-state index contributed by atoms with van der Waals surface area (Å²) in [6.07, 6.45) is 3.22. The number of halogens is 1. The van der Waals surface area contributed by atoms with Crippen LogP contribution in [0.4, 0.5) is 15.3 Å². The summed E-state index contributed by atoms with van der Waals surface area (Å²) in [4.78, 5) is 33.8. The van der Waals surface area contributed by atoms with Crippen LogP contribution in [0.25, 0.3) is 10.9 Å². The minimum absolute atomic E-state index is 0.207. The van der Waals surface area contributed by atoms with Crippen molar-refractivity contribution in [3.05, 3.63) is 113 Å². The predicted octanol–water partition coefficient (Wildman–Crippen LogP) is 7.36. The Morgan fingerprint density at radius 3 is 2.33 bits per heavy atom. The number of carbonyl (C=O) groups is 2. The van der Waals surface area contributed by atoms with E-state index in [0.29, 0.717) is 34.2 Å². The van der Waals surface area contributed by atoms with Crippen LogP contribution in [-0.2, 0) is 19.4 Å². The fourth-order valence-electron chi connectivity index (χ4n) is 6.07. The molecule has 0 saturated heterocycles. The number of nitrogens with one attached hydrogen (secondary N) is 2. The Kier molecular flexibility index (Phi) is 11.5. The van der Waals surface area contributed by atoms with Gasteiger partial charge < -0.3 is 29.6 Å². The number of carbonyl (C=O) groups excluding carboxylic acids is 2. The van der Waals surface area contributed by atoms with Crippen LogP contribution in [0.1, 0.15) is 37.4 Å². The Hall–Kier alpha value is -5.33. The van der Waals surface area contributed by atoms with Crippen LogP contribution in [-0.4, -0.2) is 68.5 Å². The molecule has 0 fully saturated rings. The number of nitrogens with zero attached hydrogens (tertiary/aromatic N) is 2. The number of hydrogen-bond donors (Lipinski definition) is 2. The highest BCUT2D eigenvalue weighted by atomic mass is 32.2. The summed E-state index contributed by atoms with van der Waals surface area (Å²) in [6.45, 7) is 2.85. The van der Waals surface area contributed by atoms with Crippen molar-refractivity contribution in [2.24, 2.45) is 0 Å². The summed E-state index contributed by atoms with van der Waals surface area (Å²) < 4.78 is 34.7. The lowest BCUT2D eigenvalue weighted by Gasteiger charge is -2.29. The number of aromatic nitrogens is 1. The standard InChI is InChI=1S/C39H39FN4O6S/c1-47-34-20-29-24-44(15-13-26(29)19-37(34)50-16-17-51-40)14-12-25-8-10-30(11-9-25)42-39(46)31-21-35(48-2)36(49-3)22-33(31)43-38(45)28-18-27-6-4-5-7-32(27)41-23-28/h4-11,18-23H,12-17,24H2,1-3H3,(H,42,46)(H,43,45). The van der Waals surface area contributed by atoms with E-state index in [1.165, 1.54) is 31.5 Å². The van der Waals surface area contributed by atoms with Crippen molar-refractivity contribution in [2.45, 2.75) is 19.4 Å². The zero-order valence-corrected chi connectivity index (χ0v) is 29.5. The van der Waals surface area contributed by atoms with E-state index < -0.39 is 11.8 Å². The molecule has 51 heavy (non-hydrogen) atoms. The first-order chi connectivity index (χ1) is 24.9. The molecule has 0 saturated carbocycles. The molecule has 0 radical (unpaired) electrons. The molecule has 0 aliphatic carbocycles. The van der Waals surface area contributed by atoms with Gasteiger partial charge >= 0.3 is 0 Å². The van der Waals surface area contributed by atoms with Crippen molar-refractivity contribution in [3.63, 3.8) is 0 Å². The van der Waals surface area contributed by atoms with Crippen molar-refractivity contribution >= 4 is 46.2 Å². The molecular formula is C39H39FN4O6S.